The van der Waals surface area contributed by atoms with Gasteiger partial charge in [-0.05, 0) is 42.5 Å². The molecule has 2 aliphatic heterocycles. The van der Waals surface area contributed by atoms with Crippen LogP contribution in [0.4, 0.5) is 9.93 Å². The lowest BCUT2D eigenvalue weighted by molar-refractivity contribution is -0.123. The van der Waals surface area contributed by atoms with Gasteiger partial charge >= 0.3 is 6.03 Å². The largest absolute Gasteiger partial charge is 0.346 e. The number of anilines is 1. The Morgan fingerprint density at radius 2 is 1.97 bits per heavy atom. The van der Waals surface area contributed by atoms with E-state index < -0.39 is 0 Å². The fraction of sp³-hybridized carbons (Fsp3) is 0.318. The first kappa shape index (κ1) is 18.1. The maximum absolute atomic E-state index is 12.8. The minimum Gasteiger partial charge on any atom is -0.346 e. The number of rotatable bonds is 1. The maximum Gasteiger partial charge on any atom is 0.323 e. The van der Waals surface area contributed by atoms with E-state index in [0.29, 0.717) is 37.5 Å². The molecule has 0 aliphatic carbocycles. The van der Waals surface area contributed by atoms with Crippen LogP contribution in [-0.2, 0) is 16.8 Å². The van der Waals surface area contributed by atoms with Gasteiger partial charge < -0.3 is 10.2 Å². The van der Waals surface area contributed by atoms with Gasteiger partial charge in [0.2, 0.25) is 5.91 Å². The van der Waals surface area contributed by atoms with Gasteiger partial charge in [0, 0.05) is 13.1 Å². The van der Waals surface area contributed by atoms with Crippen molar-refractivity contribution in [3.63, 3.8) is 0 Å². The van der Waals surface area contributed by atoms with E-state index in [1.54, 1.807) is 0 Å². The van der Waals surface area contributed by atoms with Gasteiger partial charge in [-0.3, -0.25) is 10.1 Å². The minimum absolute atomic E-state index is 0.0615. The number of hydrogen-bond acceptors (Lipinski definition) is 4. The highest BCUT2D eigenvalue weighted by molar-refractivity contribution is 7.22. The number of piperidine rings is 1. The summed E-state index contributed by atoms with van der Waals surface area (Å²) in [7, 11) is 0. The SMILES string of the molecule is Cc1cccc2sc(NC(=O)N3CCC4(CC3)NC(=O)Cc3ccccc34)nc12. The summed E-state index contributed by atoms with van der Waals surface area (Å²) in [6.07, 6.45) is 1.85. The molecule has 148 valence electrons. The van der Waals surface area contributed by atoms with Gasteiger partial charge in [0.15, 0.2) is 5.13 Å². The summed E-state index contributed by atoms with van der Waals surface area (Å²) < 4.78 is 1.07. The molecule has 2 N–H and O–H groups in total. The van der Waals surface area contributed by atoms with Crippen molar-refractivity contribution in [1.29, 1.82) is 0 Å². The van der Waals surface area contributed by atoms with Crippen LogP contribution in [0.1, 0.15) is 29.5 Å². The highest BCUT2D eigenvalue weighted by Crippen LogP contribution is 2.38. The Morgan fingerprint density at radius 1 is 1.17 bits per heavy atom. The molecule has 3 heterocycles. The number of para-hydroxylation sites is 1. The lowest BCUT2D eigenvalue weighted by Gasteiger charge is -2.45. The van der Waals surface area contributed by atoms with Gasteiger partial charge in [0.25, 0.3) is 0 Å². The molecule has 1 saturated heterocycles. The first-order valence-corrected chi connectivity index (χ1v) is 10.7. The van der Waals surface area contributed by atoms with Crippen LogP contribution < -0.4 is 10.6 Å². The number of hydrogen-bond donors (Lipinski definition) is 2. The van der Waals surface area contributed by atoms with Crippen molar-refractivity contribution >= 4 is 38.6 Å². The van der Waals surface area contributed by atoms with Gasteiger partial charge in [-0.2, -0.15) is 0 Å². The molecule has 2 aliphatic rings. The summed E-state index contributed by atoms with van der Waals surface area (Å²) in [6, 6.07) is 14.0. The van der Waals surface area contributed by atoms with E-state index in [1.165, 1.54) is 16.9 Å². The van der Waals surface area contributed by atoms with Crippen molar-refractivity contribution in [2.45, 2.75) is 31.7 Å². The molecule has 29 heavy (non-hydrogen) atoms. The average molecular weight is 407 g/mol. The number of fused-ring (bicyclic) bond motifs is 3. The van der Waals surface area contributed by atoms with Crippen LogP contribution >= 0.6 is 11.3 Å². The molecule has 2 aromatic carbocycles. The topological polar surface area (TPSA) is 74.3 Å². The molecule has 0 unspecified atom stereocenters. The summed E-state index contributed by atoms with van der Waals surface area (Å²) in [5, 5.41) is 6.79. The fourth-order valence-electron chi connectivity index (χ4n) is 4.49. The van der Waals surface area contributed by atoms with Crippen molar-refractivity contribution in [3.05, 3.63) is 59.2 Å². The summed E-state index contributed by atoms with van der Waals surface area (Å²) in [4.78, 5) is 31.4. The van der Waals surface area contributed by atoms with Gasteiger partial charge in [-0.1, -0.05) is 47.7 Å². The van der Waals surface area contributed by atoms with E-state index >= 15 is 0 Å². The van der Waals surface area contributed by atoms with E-state index in [1.807, 2.05) is 48.2 Å². The number of urea groups is 1. The van der Waals surface area contributed by atoms with Crippen LogP contribution in [0.3, 0.4) is 0 Å². The van der Waals surface area contributed by atoms with E-state index in [0.717, 1.165) is 21.3 Å². The van der Waals surface area contributed by atoms with Gasteiger partial charge in [-0.15, -0.1) is 0 Å². The Morgan fingerprint density at radius 3 is 2.76 bits per heavy atom. The fourth-order valence-corrected chi connectivity index (χ4v) is 5.42. The molecule has 1 fully saturated rings. The number of carbonyl (C=O) groups is 2. The Hall–Kier alpha value is -2.93. The maximum atomic E-state index is 12.8. The van der Waals surface area contributed by atoms with Gasteiger partial charge in [0.05, 0.1) is 22.2 Å². The van der Waals surface area contributed by atoms with Crippen LogP contribution in [0, 0.1) is 6.92 Å². The Bertz CT molecular complexity index is 1110. The number of aromatic nitrogens is 1. The van der Waals surface area contributed by atoms with Crippen molar-refractivity contribution in [2.24, 2.45) is 0 Å². The molecule has 3 aromatic rings. The number of carbonyl (C=O) groups excluding carboxylic acids is 2. The molecule has 1 spiro atoms. The van der Waals surface area contributed by atoms with Crippen LogP contribution in [0.5, 0.6) is 0 Å². The highest BCUT2D eigenvalue weighted by Gasteiger charge is 2.42. The zero-order chi connectivity index (χ0) is 20.0. The van der Waals surface area contributed by atoms with Crippen molar-refractivity contribution in [2.75, 3.05) is 18.4 Å². The van der Waals surface area contributed by atoms with Gasteiger partial charge in [0.1, 0.15) is 0 Å². The number of likely N-dealkylation sites (tertiary alicyclic amines) is 1. The first-order valence-electron chi connectivity index (χ1n) is 9.86. The third kappa shape index (κ3) is 3.15. The predicted molar refractivity (Wildman–Crippen MR) is 114 cm³/mol. The standard InChI is InChI=1S/C22H22N4O2S/c1-14-5-4-8-17-19(14)23-20(29-17)24-21(28)26-11-9-22(10-12-26)16-7-3-2-6-15(16)13-18(27)25-22/h2-8H,9-13H2,1H3,(H,25,27)(H,23,24,28). The lowest BCUT2D eigenvalue weighted by Crippen LogP contribution is -2.57. The number of amides is 3. The molecule has 0 saturated carbocycles. The molecule has 1 aromatic heterocycles. The monoisotopic (exact) mass is 406 g/mol. The third-order valence-electron chi connectivity index (χ3n) is 6.00. The van der Waals surface area contributed by atoms with Crippen molar-refractivity contribution in [1.82, 2.24) is 15.2 Å². The summed E-state index contributed by atoms with van der Waals surface area (Å²) in [6.45, 7) is 3.20. The molecule has 3 amide bonds. The molecule has 0 atom stereocenters. The summed E-state index contributed by atoms with van der Waals surface area (Å²) in [5.41, 5.74) is 3.97. The van der Waals surface area contributed by atoms with Crippen LogP contribution in [0.25, 0.3) is 10.2 Å². The molecular formula is C22H22N4O2S. The van der Waals surface area contributed by atoms with Crippen molar-refractivity contribution in [3.8, 4) is 0 Å². The molecule has 7 heteroatoms. The van der Waals surface area contributed by atoms with E-state index in [4.69, 9.17) is 0 Å². The Labute approximate surface area is 172 Å². The van der Waals surface area contributed by atoms with Gasteiger partial charge in [-0.25, -0.2) is 9.78 Å². The molecule has 6 nitrogen and oxygen atoms in total. The second kappa shape index (κ2) is 6.84. The summed E-state index contributed by atoms with van der Waals surface area (Å²) in [5.74, 6) is 0.0615. The molecule has 0 radical (unpaired) electrons. The number of nitrogens with zero attached hydrogens (tertiary/aromatic N) is 2. The minimum atomic E-state index is -0.365. The smallest absolute Gasteiger partial charge is 0.323 e. The second-order valence-electron chi connectivity index (χ2n) is 7.82. The quantitative estimate of drug-likeness (QED) is 0.646. The molecular weight excluding hydrogens is 384 g/mol. The zero-order valence-electron chi connectivity index (χ0n) is 16.2. The summed E-state index contributed by atoms with van der Waals surface area (Å²) >= 11 is 1.49. The van der Waals surface area contributed by atoms with Crippen LogP contribution in [-0.4, -0.2) is 34.9 Å². The normalized spacial score (nSPS) is 17.8. The molecule has 0 bridgehead atoms. The van der Waals surface area contributed by atoms with E-state index in [9.17, 15) is 9.59 Å². The molecule has 5 rings (SSSR count). The zero-order valence-corrected chi connectivity index (χ0v) is 17.0. The van der Waals surface area contributed by atoms with E-state index in [-0.39, 0.29) is 17.5 Å². The predicted octanol–water partition coefficient (Wildman–Crippen LogP) is 3.80. The Kier molecular flexibility index (Phi) is 4.28. The first-order chi connectivity index (χ1) is 14.0. The van der Waals surface area contributed by atoms with Crippen LogP contribution in [0.2, 0.25) is 0 Å². The number of benzene rings is 2. The number of aryl methyl sites for hydroxylation is 1. The number of nitrogens with one attached hydrogen (secondary N) is 2. The van der Waals surface area contributed by atoms with Crippen molar-refractivity contribution < 1.29 is 9.59 Å². The average Bonchev–Trinajstić information content (AvgIpc) is 3.12. The Balaban J connectivity index is 1.31. The third-order valence-corrected chi connectivity index (χ3v) is 6.94. The second-order valence-corrected chi connectivity index (χ2v) is 8.85. The number of thiazole rings is 1. The van der Waals surface area contributed by atoms with Crippen LogP contribution in [0.15, 0.2) is 42.5 Å². The lowest BCUT2D eigenvalue weighted by atomic mass is 9.76. The van der Waals surface area contributed by atoms with E-state index in [2.05, 4.69) is 21.7 Å². The highest BCUT2D eigenvalue weighted by atomic mass is 32.1.